The normalized spacial score (nSPS) is 12.7. The molecule has 0 amide bonds. The van der Waals surface area contributed by atoms with Crippen molar-refractivity contribution in [1.29, 1.82) is 0 Å². The molecule has 3 heteroatoms. The van der Waals surface area contributed by atoms with Crippen LogP contribution in [-0.2, 0) is 0 Å². The SMILES string of the molecule is CC(O)CCCC=Cc1ccc(-c2ccc(O)c(F)c2)cc1. The molecule has 0 saturated heterocycles. The predicted molar refractivity (Wildman–Crippen MR) is 88.1 cm³/mol. The molecule has 2 N–H and O–H groups in total. The molecule has 0 aliphatic rings. The summed E-state index contributed by atoms with van der Waals surface area (Å²) in [6.07, 6.45) is 6.63. The third kappa shape index (κ3) is 4.71. The number of benzene rings is 2. The van der Waals surface area contributed by atoms with E-state index in [4.69, 9.17) is 0 Å². The van der Waals surface area contributed by atoms with Crippen LogP contribution >= 0.6 is 0 Å². The molecule has 0 bridgehead atoms. The lowest BCUT2D eigenvalue weighted by Gasteiger charge is -2.04. The van der Waals surface area contributed by atoms with Gasteiger partial charge in [-0.1, -0.05) is 42.5 Å². The van der Waals surface area contributed by atoms with Gasteiger partial charge in [-0.15, -0.1) is 0 Å². The minimum Gasteiger partial charge on any atom is -0.505 e. The second-order valence-electron chi connectivity index (χ2n) is 5.47. The zero-order chi connectivity index (χ0) is 15.9. The number of unbranched alkanes of at least 4 members (excludes halogenated alkanes) is 1. The van der Waals surface area contributed by atoms with Gasteiger partial charge >= 0.3 is 0 Å². The predicted octanol–water partition coefficient (Wildman–Crippen LogP) is 4.76. The van der Waals surface area contributed by atoms with Crippen LogP contribution in [-0.4, -0.2) is 16.3 Å². The molecule has 2 nitrogen and oxygen atoms in total. The van der Waals surface area contributed by atoms with Crippen molar-refractivity contribution in [1.82, 2.24) is 0 Å². The van der Waals surface area contributed by atoms with E-state index in [0.717, 1.165) is 36.0 Å². The summed E-state index contributed by atoms with van der Waals surface area (Å²) in [4.78, 5) is 0. The Kier molecular flexibility index (Phi) is 5.73. The highest BCUT2D eigenvalue weighted by atomic mass is 19.1. The molecule has 0 spiro atoms. The fourth-order valence-electron chi connectivity index (χ4n) is 2.22. The van der Waals surface area contributed by atoms with E-state index >= 15 is 0 Å². The van der Waals surface area contributed by atoms with Gasteiger partial charge in [-0.25, -0.2) is 4.39 Å². The van der Waals surface area contributed by atoms with Gasteiger partial charge in [0, 0.05) is 0 Å². The quantitative estimate of drug-likeness (QED) is 0.755. The number of aromatic hydroxyl groups is 1. The second-order valence-corrected chi connectivity index (χ2v) is 5.47. The largest absolute Gasteiger partial charge is 0.505 e. The highest BCUT2D eigenvalue weighted by Gasteiger charge is 2.03. The number of aliphatic hydroxyl groups excluding tert-OH is 1. The number of aliphatic hydroxyl groups is 1. The van der Waals surface area contributed by atoms with Gasteiger partial charge in [-0.3, -0.25) is 0 Å². The highest BCUT2D eigenvalue weighted by molar-refractivity contribution is 5.66. The van der Waals surface area contributed by atoms with Crippen LogP contribution in [0.3, 0.4) is 0 Å². The van der Waals surface area contributed by atoms with Crippen molar-refractivity contribution in [3.8, 4) is 16.9 Å². The van der Waals surface area contributed by atoms with Gasteiger partial charge in [0.15, 0.2) is 11.6 Å². The number of halogens is 1. The Bertz CT molecular complexity index is 630. The number of phenolic OH excluding ortho intramolecular Hbond substituents is 1. The molecule has 0 aromatic heterocycles. The summed E-state index contributed by atoms with van der Waals surface area (Å²) in [6, 6.07) is 12.2. The monoisotopic (exact) mass is 300 g/mol. The van der Waals surface area contributed by atoms with E-state index < -0.39 is 5.82 Å². The van der Waals surface area contributed by atoms with Gasteiger partial charge in [0.05, 0.1) is 6.10 Å². The summed E-state index contributed by atoms with van der Waals surface area (Å²) in [5, 5.41) is 18.4. The molecule has 0 fully saturated rings. The van der Waals surface area contributed by atoms with Crippen molar-refractivity contribution < 1.29 is 14.6 Å². The molecule has 0 radical (unpaired) electrons. The van der Waals surface area contributed by atoms with Gasteiger partial charge in [0.1, 0.15) is 0 Å². The molecule has 1 unspecified atom stereocenters. The zero-order valence-electron chi connectivity index (χ0n) is 12.7. The van der Waals surface area contributed by atoms with Crippen LogP contribution in [0, 0.1) is 5.82 Å². The first-order valence-corrected chi connectivity index (χ1v) is 7.50. The molecule has 2 aromatic rings. The highest BCUT2D eigenvalue weighted by Crippen LogP contribution is 2.25. The van der Waals surface area contributed by atoms with Gasteiger partial charge < -0.3 is 10.2 Å². The van der Waals surface area contributed by atoms with Crippen LogP contribution in [0.15, 0.2) is 48.5 Å². The lowest BCUT2D eigenvalue weighted by molar-refractivity contribution is 0.182. The van der Waals surface area contributed by atoms with Crippen molar-refractivity contribution in [3.05, 3.63) is 59.9 Å². The fraction of sp³-hybridized carbons (Fsp3) is 0.263. The summed E-state index contributed by atoms with van der Waals surface area (Å²) >= 11 is 0. The Balaban J connectivity index is 1.98. The Morgan fingerprint density at radius 1 is 1.09 bits per heavy atom. The first-order valence-electron chi connectivity index (χ1n) is 7.50. The topological polar surface area (TPSA) is 40.5 Å². The summed E-state index contributed by atoms with van der Waals surface area (Å²) < 4.78 is 13.4. The first-order chi connectivity index (χ1) is 10.6. The average molecular weight is 300 g/mol. The number of allylic oxidation sites excluding steroid dienone is 1. The van der Waals surface area contributed by atoms with Crippen molar-refractivity contribution in [3.63, 3.8) is 0 Å². The summed E-state index contributed by atoms with van der Waals surface area (Å²) in [6.45, 7) is 1.80. The minimum atomic E-state index is -0.611. The Morgan fingerprint density at radius 3 is 2.41 bits per heavy atom. The number of rotatable bonds is 6. The minimum absolute atomic E-state index is 0.238. The maximum absolute atomic E-state index is 13.4. The Morgan fingerprint density at radius 2 is 1.77 bits per heavy atom. The Labute approximate surface area is 130 Å². The van der Waals surface area contributed by atoms with E-state index in [1.165, 1.54) is 12.1 Å². The number of hydrogen-bond donors (Lipinski definition) is 2. The lowest BCUT2D eigenvalue weighted by atomic mass is 10.0. The van der Waals surface area contributed by atoms with Crippen molar-refractivity contribution >= 4 is 6.08 Å². The summed E-state index contributed by atoms with van der Waals surface area (Å²) in [5.74, 6) is -0.944. The van der Waals surface area contributed by atoms with E-state index in [2.05, 4.69) is 6.08 Å². The molecular weight excluding hydrogens is 279 g/mol. The maximum Gasteiger partial charge on any atom is 0.165 e. The van der Waals surface area contributed by atoms with E-state index in [1.807, 2.05) is 30.3 Å². The molecule has 2 aromatic carbocycles. The lowest BCUT2D eigenvalue weighted by Crippen LogP contribution is -1.97. The third-order valence-electron chi connectivity index (χ3n) is 3.49. The van der Waals surface area contributed by atoms with Crippen LogP contribution in [0.25, 0.3) is 17.2 Å². The smallest absolute Gasteiger partial charge is 0.165 e. The third-order valence-corrected chi connectivity index (χ3v) is 3.49. The fourth-order valence-corrected chi connectivity index (χ4v) is 2.22. The number of hydrogen-bond acceptors (Lipinski definition) is 2. The van der Waals surface area contributed by atoms with E-state index in [9.17, 15) is 14.6 Å². The van der Waals surface area contributed by atoms with E-state index in [1.54, 1.807) is 13.0 Å². The van der Waals surface area contributed by atoms with E-state index in [0.29, 0.717) is 0 Å². The van der Waals surface area contributed by atoms with Crippen LogP contribution in [0.4, 0.5) is 4.39 Å². The molecular formula is C19H21FO2. The molecule has 0 aliphatic heterocycles. The first kappa shape index (κ1) is 16.2. The van der Waals surface area contributed by atoms with Gasteiger partial charge in [-0.05, 0) is 55.0 Å². The van der Waals surface area contributed by atoms with Crippen molar-refractivity contribution in [2.24, 2.45) is 0 Å². The second kappa shape index (κ2) is 7.76. The maximum atomic E-state index is 13.4. The average Bonchev–Trinajstić information content (AvgIpc) is 2.50. The van der Waals surface area contributed by atoms with Gasteiger partial charge in [-0.2, -0.15) is 0 Å². The van der Waals surface area contributed by atoms with Crippen molar-refractivity contribution in [2.75, 3.05) is 0 Å². The van der Waals surface area contributed by atoms with E-state index in [-0.39, 0.29) is 11.9 Å². The molecule has 0 aliphatic carbocycles. The molecule has 0 saturated carbocycles. The van der Waals surface area contributed by atoms with Crippen molar-refractivity contribution in [2.45, 2.75) is 32.3 Å². The van der Waals surface area contributed by atoms with Gasteiger partial charge in [0.2, 0.25) is 0 Å². The number of phenols is 1. The molecule has 2 rings (SSSR count). The molecule has 0 heterocycles. The molecule has 1 atom stereocenters. The Hall–Kier alpha value is -2.13. The molecule has 116 valence electrons. The summed E-state index contributed by atoms with van der Waals surface area (Å²) in [7, 11) is 0. The van der Waals surface area contributed by atoms with Crippen LogP contribution < -0.4 is 0 Å². The van der Waals surface area contributed by atoms with Crippen LogP contribution in [0.5, 0.6) is 5.75 Å². The standard InChI is InChI=1S/C19H21FO2/c1-14(21)5-3-2-4-6-15-7-9-16(10-8-15)17-11-12-19(22)18(20)13-17/h4,6-14,21-22H,2-3,5H2,1H3. The van der Waals surface area contributed by atoms with Gasteiger partial charge in [0.25, 0.3) is 0 Å². The van der Waals surface area contributed by atoms with Crippen LogP contribution in [0.1, 0.15) is 31.7 Å². The van der Waals surface area contributed by atoms with Crippen LogP contribution in [0.2, 0.25) is 0 Å². The molecule has 22 heavy (non-hydrogen) atoms. The zero-order valence-corrected chi connectivity index (χ0v) is 12.7. The summed E-state index contributed by atoms with van der Waals surface area (Å²) in [5.41, 5.74) is 2.73.